The van der Waals surface area contributed by atoms with Crippen LogP contribution >= 0.6 is 0 Å². The van der Waals surface area contributed by atoms with E-state index in [4.69, 9.17) is 15.9 Å². The van der Waals surface area contributed by atoms with Gasteiger partial charge in [-0.2, -0.15) is 5.10 Å². The smallest absolute Gasteiger partial charge is 0.358 e. The van der Waals surface area contributed by atoms with E-state index in [-0.39, 0.29) is 23.4 Å². The van der Waals surface area contributed by atoms with E-state index in [2.05, 4.69) is 5.10 Å². The molecule has 6 nitrogen and oxygen atoms in total. The van der Waals surface area contributed by atoms with Gasteiger partial charge in [0.05, 0.1) is 5.69 Å². The number of aliphatic hydroxyl groups excluding tert-OH is 1. The number of aromatic carboxylic acids is 1. The Labute approximate surface area is 87.3 Å². The summed E-state index contributed by atoms with van der Waals surface area (Å²) in [6, 6.07) is 0. The predicted octanol–water partition coefficient (Wildman–Crippen LogP) is 0.182. The van der Waals surface area contributed by atoms with E-state index in [0.29, 0.717) is 6.54 Å². The van der Waals surface area contributed by atoms with E-state index < -0.39 is 5.97 Å². The first-order valence-corrected chi connectivity index (χ1v) is 4.53. The number of nitrogens with zero attached hydrogens (tertiary/aromatic N) is 2. The fraction of sp³-hybridized carbons (Fsp3) is 0.556. The molecule has 0 aromatic carbocycles. The molecule has 0 saturated carbocycles. The Morgan fingerprint density at radius 2 is 2.27 bits per heavy atom. The highest BCUT2D eigenvalue weighted by molar-refractivity contribution is 5.91. The summed E-state index contributed by atoms with van der Waals surface area (Å²) >= 11 is 0. The molecule has 0 spiro atoms. The highest BCUT2D eigenvalue weighted by Gasteiger charge is 2.20. The van der Waals surface area contributed by atoms with Crippen LogP contribution in [0.25, 0.3) is 0 Å². The highest BCUT2D eigenvalue weighted by Crippen LogP contribution is 2.18. The Hall–Kier alpha value is -1.56. The zero-order valence-electron chi connectivity index (χ0n) is 8.77. The summed E-state index contributed by atoms with van der Waals surface area (Å²) in [6.07, 6.45) is 1.46. The number of anilines is 1. The average molecular weight is 213 g/mol. The normalized spacial score (nSPS) is 11.7. The second-order valence-corrected chi connectivity index (χ2v) is 4.26. The van der Waals surface area contributed by atoms with Crippen molar-refractivity contribution in [3.05, 3.63) is 11.9 Å². The van der Waals surface area contributed by atoms with Crippen molar-refractivity contribution in [1.82, 2.24) is 9.78 Å². The summed E-state index contributed by atoms with van der Waals surface area (Å²) in [5.41, 5.74) is 5.11. The number of carboxylic acid groups (broad SMARTS) is 1. The maximum absolute atomic E-state index is 10.7. The number of carbonyl (C=O) groups is 1. The van der Waals surface area contributed by atoms with Gasteiger partial charge in [-0.25, -0.2) is 4.79 Å². The third kappa shape index (κ3) is 2.69. The molecule has 1 aromatic rings. The van der Waals surface area contributed by atoms with Gasteiger partial charge in [-0.3, -0.25) is 4.68 Å². The number of aromatic nitrogens is 2. The molecule has 6 heteroatoms. The summed E-state index contributed by atoms with van der Waals surface area (Å²) in [7, 11) is 0. The summed E-state index contributed by atoms with van der Waals surface area (Å²) in [6.45, 7) is 4.12. The highest BCUT2D eigenvalue weighted by atomic mass is 16.4. The van der Waals surface area contributed by atoms with Crippen LogP contribution in [0.3, 0.4) is 0 Å². The van der Waals surface area contributed by atoms with Crippen LogP contribution in [-0.2, 0) is 6.54 Å². The fourth-order valence-corrected chi connectivity index (χ4v) is 1.17. The van der Waals surface area contributed by atoms with Crippen LogP contribution in [0.2, 0.25) is 0 Å². The minimum absolute atomic E-state index is 0.00479. The molecule has 1 aromatic heterocycles. The van der Waals surface area contributed by atoms with Gasteiger partial charge in [0, 0.05) is 24.8 Å². The number of carboxylic acids is 1. The topological polar surface area (TPSA) is 101 Å². The van der Waals surface area contributed by atoms with E-state index in [1.807, 2.05) is 13.8 Å². The molecule has 0 bridgehead atoms. The molecule has 15 heavy (non-hydrogen) atoms. The lowest BCUT2D eigenvalue weighted by molar-refractivity contribution is 0.0689. The second-order valence-electron chi connectivity index (χ2n) is 4.26. The molecule has 0 aliphatic rings. The Bertz CT molecular complexity index is 371. The summed E-state index contributed by atoms with van der Waals surface area (Å²) in [5.74, 6) is -1.15. The van der Waals surface area contributed by atoms with Gasteiger partial charge in [0.2, 0.25) is 0 Å². The number of aliphatic hydroxyl groups is 1. The molecule has 0 saturated heterocycles. The Balaban J connectivity index is 2.89. The molecule has 1 rings (SSSR count). The largest absolute Gasteiger partial charge is 0.476 e. The van der Waals surface area contributed by atoms with E-state index in [1.54, 1.807) is 0 Å². The van der Waals surface area contributed by atoms with Crippen molar-refractivity contribution in [3.63, 3.8) is 0 Å². The van der Waals surface area contributed by atoms with Crippen LogP contribution in [0.15, 0.2) is 6.20 Å². The van der Waals surface area contributed by atoms with Crippen LogP contribution in [0, 0.1) is 5.41 Å². The standard InChI is InChI=1S/C9H15N3O3/c1-9(2,5-13)4-12-3-6(10)7(11-12)8(14)15/h3,13H,4-5,10H2,1-2H3,(H,14,15). The molecule has 0 aliphatic heterocycles. The van der Waals surface area contributed by atoms with Crippen molar-refractivity contribution in [2.45, 2.75) is 20.4 Å². The first-order chi connectivity index (χ1) is 6.85. The summed E-state index contributed by atoms with van der Waals surface area (Å²) in [5, 5.41) is 21.6. The molecule has 0 amide bonds. The zero-order chi connectivity index (χ0) is 11.6. The maximum atomic E-state index is 10.7. The van der Waals surface area contributed by atoms with Crippen molar-refractivity contribution in [3.8, 4) is 0 Å². The van der Waals surface area contributed by atoms with Gasteiger partial charge >= 0.3 is 5.97 Å². The minimum Gasteiger partial charge on any atom is -0.476 e. The first kappa shape index (κ1) is 11.5. The lowest BCUT2D eigenvalue weighted by Gasteiger charge is -2.20. The molecule has 1 heterocycles. The fourth-order valence-electron chi connectivity index (χ4n) is 1.17. The van der Waals surface area contributed by atoms with Gasteiger partial charge in [-0.1, -0.05) is 13.8 Å². The third-order valence-corrected chi connectivity index (χ3v) is 2.01. The van der Waals surface area contributed by atoms with Crippen molar-refractivity contribution < 1.29 is 15.0 Å². The van der Waals surface area contributed by atoms with Gasteiger partial charge in [-0.05, 0) is 0 Å². The molecule has 4 N–H and O–H groups in total. The van der Waals surface area contributed by atoms with Crippen LogP contribution in [0.5, 0.6) is 0 Å². The maximum Gasteiger partial charge on any atom is 0.358 e. The lowest BCUT2D eigenvalue weighted by Crippen LogP contribution is -2.24. The molecule has 0 radical (unpaired) electrons. The predicted molar refractivity (Wildman–Crippen MR) is 54.5 cm³/mol. The van der Waals surface area contributed by atoms with Gasteiger partial charge < -0.3 is 15.9 Å². The van der Waals surface area contributed by atoms with Gasteiger partial charge in [0.15, 0.2) is 5.69 Å². The average Bonchev–Trinajstić information content (AvgIpc) is 2.46. The van der Waals surface area contributed by atoms with E-state index in [1.165, 1.54) is 10.9 Å². The summed E-state index contributed by atoms with van der Waals surface area (Å²) in [4.78, 5) is 10.7. The van der Waals surface area contributed by atoms with Crippen molar-refractivity contribution in [1.29, 1.82) is 0 Å². The van der Waals surface area contributed by atoms with E-state index in [9.17, 15) is 4.79 Å². The quantitative estimate of drug-likeness (QED) is 0.662. The van der Waals surface area contributed by atoms with Gasteiger partial charge in [0.25, 0.3) is 0 Å². The second kappa shape index (κ2) is 3.90. The lowest BCUT2D eigenvalue weighted by atomic mass is 9.95. The number of nitrogen functional groups attached to an aromatic ring is 1. The molecule has 0 aliphatic carbocycles. The Morgan fingerprint density at radius 3 is 2.67 bits per heavy atom. The SMILES string of the molecule is CC(C)(CO)Cn1cc(N)c(C(=O)O)n1. The van der Waals surface area contributed by atoms with Crippen LogP contribution in [0.1, 0.15) is 24.3 Å². The van der Waals surface area contributed by atoms with Crippen LogP contribution in [0.4, 0.5) is 5.69 Å². The van der Waals surface area contributed by atoms with Crippen molar-refractivity contribution in [2.24, 2.45) is 5.41 Å². The first-order valence-electron chi connectivity index (χ1n) is 4.53. The Morgan fingerprint density at radius 1 is 1.67 bits per heavy atom. The van der Waals surface area contributed by atoms with Crippen LogP contribution in [-0.4, -0.2) is 32.6 Å². The van der Waals surface area contributed by atoms with Crippen molar-refractivity contribution in [2.75, 3.05) is 12.3 Å². The number of nitrogens with two attached hydrogens (primary N) is 1. The number of rotatable bonds is 4. The van der Waals surface area contributed by atoms with Crippen molar-refractivity contribution >= 4 is 11.7 Å². The monoisotopic (exact) mass is 213 g/mol. The molecular weight excluding hydrogens is 198 g/mol. The van der Waals surface area contributed by atoms with E-state index >= 15 is 0 Å². The Kier molecular flexibility index (Phi) is 2.99. The van der Waals surface area contributed by atoms with Gasteiger partial charge in [0.1, 0.15) is 0 Å². The molecule has 84 valence electrons. The molecular formula is C9H15N3O3. The third-order valence-electron chi connectivity index (χ3n) is 2.01. The summed E-state index contributed by atoms with van der Waals surface area (Å²) < 4.78 is 1.44. The zero-order valence-corrected chi connectivity index (χ0v) is 8.77. The van der Waals surface area contributed by atoms with Crippen LogP contribution < -0.4 is 5.73 Å². The van der Waals surface area contributed by atoms with E-state index in [0.717, 1.165) is 0 Å². The molecule has 0 fully saturated rings. The molecule has 0 unspecified atom stereocenters. The minimum atomic E-state index is -1.15. The number of hydrogen-bond acceptors (Lipinski definition) is 4. The molecule has 0 atom stereocenters. The number of hydrogen-bond donors (Lipinski definition) is 3. The van der Waals surface area contributed by atoms with Gasteiger partial charge in [-0.15, -0.1) is 0 Å².